The minimum absolute atomic E-state index is 0.0457. The number of piperidine rings is 3. The van der Waals surface area contributed by atoms with Crippen molar-refractivity contribution in [2.24, 2.45) is 11.8 Å². The number of carbonyl (C=O) groups is 2. The summed E-state index contributed by atoms with van der Waals surface area (Å²) in [6, 6.07) is 5.47. The summed E-state index contributed by atoms with van der Waals surface area (Å²) in [4.78, 5) is 30.3. The fourth-order valence-electron chi connectivity index (χ4n) is 6.26. The van der Waals surface area contributed by atoms with Crippen LogP contribution in [0.5, 0.6) is 11.5 Å². The molecule has 7 nitrogen and oxygen atoms in total. The van der Waals surface area contributed by atoms with E-state index in [-0.39, 0.29) is 23.7 Å². The lowest BCUT2D eigenvalue weighted by molar-refractivity contribution is -0.143. The van der Waals surface area contributed by atoms with Crippen LogP contribution in [0.15, 0.2) is 18.2 Å². The van der Waals surface area contributed by atoms with E-state index in [1.54, 1.807) is 19.2 Å². The van der Waals surface area contributed by atoms with Gasteiger partial charge in [-0.3, -0.25) is 14.5 Å². The van der Waals surface area contributed by atoms with Crippen molar-refractivity contribution < 1.29 is 24.2 Å². The lowest BCUT2D eigenvalue weighted by atomic mass is 9.69. The average molecular weight is 445 g/mol. The first-order valence-electron chi connectivity index (χ1n) is 12.1. The Morgan fingerprint density at radius 1 is 1.19 bits per heavy atom. The predicted octanol–water partition coefficient (Wildman–Crippen LogP) is 3.45. The van der Waals surface area contributed by atoms with Crippen LogP contribution in [0.4, 0.5) is 0 Å². The van der Waals surface area contributed by atoms with E-state index in [4.69, 9.17) is 9.47 Å². The third-order valence-electron chi connectivity index (χ3n) is 7.55. The van der Waals surface area contributed by atoms with Crippen LogP contribution in [0.2, 0.25) is 0 Å². The Balaban J connectivity index is 1.58. The lowest BCUT2D eigenvalue weighted by Gasteiger charge is -2.57. The SMILES string of the molecule is CCOC(=O)CCCC1C2CCCN3CCCC(CN1C(=O)c1ccc(OC)cc1O)C23. The molecule has 1 aromatic carbocycles. The summed E-state index contributed by atoms with van der Waals surface area (Å²) >= 11 is 0. The van der Waals surface area contributed by atoms with Crippen LogP contribution < -0.4 is 4.74 Å². The minimum Gasteiger partial charge on any atom is -0.507 e. The number of ether oxygens (including phenoxy) is 2. The van der Waals surface area contributed by atoms with Crippen LogP contribution in [0, 0.1) is 11.8 Å². The van der Waals surface area contributed by atoms with E-state index in [2.05, 4.69) is 4.90 Å². The van der Waals surface area contributed by atoms with Gasteiger partial charge in [-0.1, -0.05) is 0 Å². The van der Waals surface area contributed by atoms with Crippen molar-refractivity contribution >= 4 is 11.9 Å². The molecule has 0 radical (unpaired) electrons. The zero-order valence-electron chi connectivity index (χ0n) is 19.3. The molecule has 4 unspecified atom stereocenters. The number of hydrogen-bond donors (Lipinski definition) is 1. The fourth-order valence-corrected chi connectivity index (χ4v) is 6.26. The summed E-state index contributed by atoms with van der Waals surface area (Å²) in [6.07, 6.45) is 6.45. The van der Waals surface area contributed by atoms with Gasteiger partial charge in [-0.15, -0.1) is 0 Å². The van der Waals surface area contributed by atoms with E-state index in [0.717, 1.165) is 38.8 Å². The molecule has 3 aliphatic rings. The second-order valence-electron chi connectivity index (χ2n) is 9.34. The van der Waals surface area contributed by atoms with Gasteiger partial charge in [0.25, 0.3) is 5.91 Å². The van der Waals surface area contributed by atoms with Crippen molar-refractivity contribution in [3.63, 3.8) is 0 Å². The average Bonchev–Trinajstić information content (AvgIpc) is 2.80. The van der Waals surface area contributed by atoms with Gasteiger partial charge in [0.1, 0.15) is 11.5 Å². The number of carbonyl (C=O) groups excluding carboxylic acids is 2. The molecule has 1 aromatic rings. The second kappa shape index (κ2) is 10.1. The summed E-state index contributed by atoms with van der Waals surface area (Å²) in [5.74, 6) is 1.07. The molecule has 3 fully saturated rings. The van der Waals surface area contributed by atoms with Gasteiger partial charge in [0.15, 0.2) is 0 Å². The highest BCUT2D eigenvalue weighted by atomic mass is 16.5. The van der Waals surface area contributed by atoms with Gasteiger partial charge in [0.2, 0.25) is 0 Å². The molecule has 7 heteroatoms. The molecule has 4 rings (SSSR count). The smallest absolute Gasteiger partial charge is 0.305 e. The first kappa shape index (κ1) is 22.9. The Kier molecular flexibility index (Phi) is 7.23. The molecule has 0 spiro atoms. The van der Waals surface area contributed by atoms with Crippen molar-refractivity contribution in [1.82, 2.24) is 9.80 Å². The van der Waals surface area contributed by atoms with Gasteiger partial charge in [0, 0.05) is 31.1 Å². The molecule has 32 heavy (non-hydrogen) atoms. The number of nitrogens with zero attached hydrogens (tertiary/aromatic N) is 2. The Hall–Kier alpha value is -2.28. The third kappa shape index (κ3) is 4.58. The van der Waals surface area contributed by atoms with Crippen molar-refractivity contribution in [3.8, 4) is 11.5 Å². The predicted molar refractivity (Wildman–Crippen MR) is 121 cm³/mol. The molecule has 3 heterocycles. The zero-order chi connectivity index (χ0) is 22.7. The molecule has 4 atom stereocenters. The number of phenols is 1. The van der Waals surface area contributed by atoms with Gasteiger partial charge in [-0.05, 0) is 82.5 Å². The number of phenolic OH excluding ortho intramolecular Hbond substituents is 1. The number of rotatable bonds is 7. The quantitative estimate of drug-likeness (QED) is 0.649. The Bertz CT molecular complexity index is 827. The molecule has 1 amide bonds. The van der Waals surface area contributed by atoms with Crippen LogP contribution in [0.3, 0.4) is 0 Å². The number of methoxy groups -OCH3 is 1. The van der Waals surface area contributed by atoms with E-state index in [1.807, 2.05) is 11.8 Å². The van der Waals surface area contributed by atoms with Crippen LogP contribution >= 0.6 is 0 Å². The molecule has 3 aliphatic heterocycles. The Labute approximate surface area is 190 Å². The number of likely N-dealkylation sites (tertiary alicyclic amines) is 1. The number of benzene rings is 1. The van der Waals surface area contributed by atoms with E-state index >= 15 is 0 Å². The maximum absolute atomic E-state index is 13.7. The topological polar surface area (TPSA) is 79.3 Å². The fraction of sp³-hybridized carbons (Fsp3) is 0.680. The van der Waals surface area contributed by atoms with E-state index in [9.17, 15) is 14.7 Å². The minimum atomic E-state index is -0.171. The van der Waals surface area contributed by atoms with Gasteiger partial charge >= 0.3 is 5.97 Å². The molecule has 3 saturated heterocycles. The summed E-state index contributed by atoms with van der Waals surface area (Å²) in [6.45, 7) is 5.23. The van der Waals surface area contributed by atoms with Crippen molar-refractivity contribution in [3.05, 3.63) is 23.8 Å². The normalized spacial score (nSPS) is 27.5. The van der Waals surface area contributed by atoms with Crippen LogP contribution in [0.1, 0.15) is 62.2 Å². The first-order chi connectivity index (χ1) is 15.5. The number of aromatic hydroxyl groups is 1. The van der Waals surface area contributed by atoms with Gasteiger partial charge in [-0.25, -0.2) is 0 Å². The molecule has 0 aromatic heterocycles. The summed E-state index contributed by atoms with van der Waals surface area (Å²) in [5, 5.41) is 10.5. The van der Waals surface area contributed by atoms with Crippen LogP contribution in [-0.2, 0) is 9.53 Å². The Morgan fingerprint density at radius 3 is 2.69 bits per heavy atom. The third-order valence-corrected chi connectivity index (χ3v) is 7.55. The molecule has 0 aliphatic carbocycles. The molecular weight excluding hydrogens is 408 g/mol. The van der Waals surface area contributed by atoms with E-state index < -0.39 is 0 Å². The van der Waals surface area contributed by atoms with Gasteiger partial charge in [0.05, 0.1) is 19.3 Å². The van der Waals surface area contributed by atoms with Gasteiger partial charge in [-0.2, -0.15) is 0 Å². The van der Waals surface area contributed by atoms with Crippen molar-refractivity contribution in [2.45, 2.75) is 64.0 Å². The standard InChI is InChI=1S/C25H36N2O5/c1-3-32-23(29)10-4-9-21-19-8-6-14-26-13-5-7-17(24(19)26)16-27(21)25(30)20-12-11-18(31-2)15-22(20)28/h11-12,15,17,19,21,24,28H,3-10,13-14,16H2,1-2H3. The number of amides is 1. The summed E-state index contributed by atoms with van der Waals surface area (Å²) < 4.78 is 10.3. The van der Waals surface area contributed by atoms with Gasteiger partial charge < -0.3 is 19.5 Å². The summed E-state index contributed by atoms with van der Waals surface area (Å²) in [5.41, 5.74) is 0.322. The first-order valence-corrected chi connectivity index (χ1v) is 12.1. The van der Waals surface area contributed by atoms with Crippen LogP contribution in [0.25, 0.3) is 0 Å². The lowest BCUT2D eigenvalue weighted by Crippen LogP contribution is -2.65. The monoisotopic (exact) mass is 444 g/mol. The zero-order valence-corrected chi connectivity index (χ0v) is 19.3. The van der Waals surface area contributed by atoms with Crippen molar-refractivity contribution in [1.29, 1.82) is 0 Å². The van der Waals surface area contributed by atoms with Crippen molar-refractivity contribution in [2.75, 3.05) is 33.4 Å². The Morgan fingerprint density at radius 2 is 1.97 bits per heavy atom. The molecule has 1 N–H and O–H groups in total. The highest BCUT2D eigenvalue weighted by Gasteiger charge is 2.49. The largest absolute Gasteiger partial charge is 0.507 e. The molecule has 176 valence electrons. The number of esters is 1. The second-order valence-corrected chi connectivity index (χ2v) is 9.34. The molecule has 0 saturated carbocycles. The van der Waals surface area contributed by atoms with Crippen LogP contribution in [-0.4, -0.2) is 72.2 Å². The highest BCUT2D eigenvalue weighted by Crippen LogP contribution is 2.44. The van der Waals surface area contributed by atoms with E-state index in [0.29, 0.717) is 55.2 Å². The summed E-state index contributed by atoms with van der Waals surface area (Å²) in [7, 11) is 1.54. The maximum atomic E-state index is 13.7. The molecule has 0 bridgehead atoms. The molecular formula is C25H36N2O5. The maximum Gasteiger partial charge on any atom is 0.305 e. The highest BCUT2D eigenvalue weighted by molar-refractivity contribution is 5.97. The number of hydrogen-bond acceptors (Lipinski definition) is 6. The van der Waals surface area contributed by atoms with E-state index in [1.165, 1.54) is 12.5 Å².